The number of fused-ring (bicyclic) bond motifs is 3. The normalized spacial score (nSPS) is 11.5. The number of benzene rings is 2. The van der Waals surface area contributed by atoms with Crippen LogP contribution in [0.2, 0.25) is 0 Å². The lowest BCUT2D eigenvalue weighted by Gasteiger charge is -2.09. The van der Waals surface area contributed by atoms with Crippen molar-refractivity contribution in [2.45, 2.75) is 0 Å². The molecule has 0 aliphatic carbocycles. The number of para-hydroxylation sites is 1. The fourth-order valence-electron chi connectivity index (χ4n) is 4.10. The molecule has 0 spiro atoms. The molecule has 144 valence electrons. The van der Waals surface area contributed by atoms with E-state index in [4.69, 9.17) is 0 Å². The van der Waals surface area contributed by atoms with E-state index in [1.54, 1.807) is 6.20 Å². The molecule has 0 aliphatic heterocycles. The number of aromatic nitrogens is 6. The van der Waals surface area contributed by atoms with E-state index < -0.39 is 0 Å². The standard InChI is InChI=1S/C24H18N6/c1-28-14-12-26-23(28)24-27-13-15-29(24)17-9-10-21-19(16-17)18-6-2-3-7-20(18)30(21)22-8-4-5-11-25-22/h2-16H,1H3. The van der Waals surface area contributed by atoms with Gasteiger partial charge >= 0.3 is 0 Å². The van der Waals surface area contributed by atoms with Gasteiger partial charge in [-0.15, -0.1) is 0 Å². The van der Waals surface area contributed by atoms with Gasteiger partial charge in [-0.2, -0.15) is 0 Å². The van der Waals surface area contributed by atoms with Crippen molar-refractivity contribution in [1.29, 1.82) is 0 Å². The van der Waals surface area contributed by atoms with Crippen molar-refractivity contribution < 1.29 is 0 Å². The third-order valence-corrected chi connectivity index (χ3v) is 5.47. The molecule has 4 heterocycles. The second kappa shape index (κ2) is 6.42. The molecule has 6 nitrogen and oxygen atoms in total. The first-order valence-electron chi connectivity index (χ1n) is 9.77. The molecule has 0 saturated heterocycles. The van der Waals surface area contributed by atoms with E-state index >= 15 is 0 Å². The van der Waals surface area contributed by atoms with E-state index in [1.807, 2.05) is 54.6 Å². The summed E-state index contributed by atoms with van der Waals surface area (Å²) in [5.41, 5.74) is 3.30. The fourth-order valence-corrected chi connectivity index (χ4v) is 4.10. The summed E-state index contributed by atoms with van der Waals surface area (Å²) in [5.74, 6) is 2.55. The van der Waals surface area contributed by atoms with Crippen molar-refractivity contribution in [2.75, 3.05) is 0 Å². The van der Waals surface area contributed by atoms with Gasteiger partial charge in [0.2, 0.25) is 0 Å². The van der Waals surface area contributed by atoms with Crippen LogP contribution in [0, 0.1) is 0 Å². The monoisotopic (exact) mass is 390 g/mol. The van der Waals surface area contributed by atoms with Gasteiger partial charge in [-0.25, -0.2) is 15.0 Å². The summed E-state index contributed by atoms with van der Waals surface area (Å²) < 4.78 is 6.26. The average Bonchev–Trinajstić information content (AvgIpc) is 3.50. The maximum absolute atomic E-state index is 4.59. The highest BCUT2D eigenvalue weighted by Gasteiger charge is 2.16. The lowest BCUT2D eigenvalue weighted by Crippen LogP contribution is -2.01. The molecule has 6 heteroatoms. The highest BCUT2D eigenvalue weighted by Crippen LogP contribution is 2.33. The molecule has 0 aliphatic rings. The van der Waals surface area contributed by atoms with E-state index in [2.05, 4.69) is 66.6 Å². The fraction of sp³-hybridized carbons (Fsp3) is 0.0417. The summed E-state index contributed by atoms with van der Waals surface area (Å²) >= 11 is 0. The zero-order valence-corrected chi connectivity index (χ0v) is 16.3. The van der Waals surface area contributed by atoms with Crippen LogP contribution in [0.3, 0.4) is 0 Å². The number of hydrogen-bond acceptors (Lipinski definition) is 3. The third kappa shape index (κ3) is 2.40. The summed E-state index contributed by atoms with van der Waals surface area (Å²) in [5, 5.41) is 2.37. The van der Waals surface area contributed by atoms with Crippen LogP contribution in [0.25, 0.3) is 45.0 Å². The quantitative estimate of drug-likeness (QED) is 0.438. The molecule has 0 saturated carbocycles. The molecule has 0 amide bonds. The van der Waals surface area contributed by atoms with Crippen LogP contribution in [0.4, 0.5) is 0 Å². The SMILES string of the molecule is Cn1ccnc1-c1nccn1-c1ccc2c(c1)c1ccccc1n2-c1ccccn1. The van der Waals surface area contributed by atoms with Gasteiger partial charge in [-0.3, -0.25) is 9.13 Å². The van der Waals surface area contributed by atoms with Crippen LogP contribution in [0.5, 0.6) is 0 Å². The molecule has 4 aromatic heterocycles. The average molecular weight is 390 g/mol. The minimum Gasteiger partial charge on any atom is -0.331 e. The van der Waals surface area contributed by atoms with Crippen LogP contribution in [-0.2, 0) is 7.05 Å². The predicted octanol–water partition coefficient (Wildman–Crippen LogP) is 4.76. The Balaban J connectivity index is 1.62. The lowest BCUT2D eigenvalue weighted by molar-refractivity contribution is 0.897. The predicted molar refractivity (Wildman–Crippen MR) is 118 cm³/mol. The minimum absolute atomic E-state index is 0.815. The number of aryl methyl sites for hydroxylation is 1. The number of hydrogen-bond donors (Lipinski definition) is 0. The Hall–Kier alpha value is -4.19. The third-order valence-electron chi connectivity index (χ3n) is 5.47. The van der Waals surface area contributed by atoms with E-state index in [9.17, 15) is 0 Å². The first-order valence-corrected chi connectivity index (χ1v) is 9.77. The van der Waals surface area contributed by atoms with Gasteiger partial charge in [0, 0.05) is 54.5 Å². The topological polar surface area (TPSA) is 53.5 Å². The Morgan fingerprint density at radius 3 is 2.30 bits per heavy atom. The molecule has 6 aromatic rings. The van der Waals surface area contributed by atoms with E-state index in [-0.39, 0.29) is 0 Å². The molecule has 0 fully saturated rings. The van der Waals surface area contributed by atoms with Crippen molar-refractivity contribution in [3.8, 4) is 23.2 Å². The molecular formula is C24H18N6. The molecule has 0 atom stereocenters. The van der Waals surface area contributed by atoms with Crippen molar-refractivity contribution in [1.82, 2.24) is 28.7 Å². The molecular weight excluding hydrogens is 372 g/mol. The van der Waals surface area contributed by atoms with Gasteiger partial charge in [-0.05, 0) is 36.4 Å². The number of nitrogens with zero attached hydrogens (tertiary/aromatic N) is 6. The Morgan fingerprint density at radius 1 is 0.667 bits per heavy atom. The van der Waals surface area contributed by atoms with Gasteiger partial charge in [0.1, 0.15) is 5.82 Å². The van der Waals surface area contributed by atoms with Crippen molar-refractivity contribution in [3.05, 3.63) is 91.6 Å². The van der Waals surface area contributed by atoms with Crippen LogP contribution < -0.4 is 0 Å². The first-order chi connectivity index (χ1) is 14.8. The summed E-state index contributed by atoms with van der Waals surface area (Å²) in [6.45, 7) is 0. The summed E-state index contributed by atoms with van der Waals surface area (Å²) in [6, 6.07) is 20.9. The van der Waals surface area contributed by atoms with Crippen LogP contribution >= 0.6 is 0 Å². The Bertz CT molecular complexity index is 1500. The molecule has 0 bridgehead atoms. The van der Waals surface area contributed by atoms with Gasteiger partial charge in [0.05, 0.1) is 11.0 Å². The van der Waals surface area contributed by atoms with Crippen molar-refractivity contribution in [2.24, 2.45) is 7.05 Å². The summed E-state index contributed by atoms with van der Waals surface area (Å²) in [6.07, 6.45) is 9.33. The van der Waals surface area contributed by atoms with Gasteiger partial charge in [-0.1, -0.05) is 24.3 Å². The molecule has 30 heavy (non-hydrogen) atoms. The number of pyridine rings is 1. The maximum Gasteiger partial charge on any atom is 0.181 e. The highest BCUT2D eigenvalue weighted by molar-refractivity contribution is 6.09. The molecule has 2 aromatic carbocycles. The maximum atomic E-state index is 4.59. The smallest absolute Gasteiger partial charge is 0.181 e. The van der Waals surface area contributed by atoms with Gasteiger partial charge in [0.25, 0.3) is 0 Å². The molecule has 0 radical (unpaired) electrons. The zero-order chi connectivity index (χ0) is 20.1. The molecule has 6 rings (SSSR count). The molecule has 0 N–H and O–H groups in total. The summed E-state index contributed by atoms with van der Waals surface area (Å²) in [4.78, 5) is 13.6. The number of rotatable bonds is 3. The Morgan fingerprint density at radius 2 is 1.47 bits per heavy atom. The van der Waals surface area contributed by atoms with Crippen LogP contribution in [-0.4, -0.2) is 28.7 Å². The minimum atomic E-state index is 0.815. The lowest BCUT2D eigenvalue weighted by atomic mass is 10.1. The van der Waals surface area contributed by atoms with E-state index in [1.165, 1.54) is 10.8 Å². The molecule has 0 unspecified atom stereocenters. The highest BCUT2D eigenvalue weighted by atomic mass is 15.1. The Labute approximate surface area is 172 Å². The van der Waals surface area contributed by atoms with Crippen LogP contribution in [0.1, 0.15) is 0 Å². The first kappa shape index (κ1) is 16.7. The zero-order valence-electron chi connectivity index (χ0n) is 16.3. The largest absolute Gasteiger partial charge is 0.331 e. The number of imidazole rings is 2. The van der Waals surface area contributed by atoms with Crippen LogP contribution in [0.15, 0.2) is 91.6 Å². The van der Waals surface area contributed by atoms with Crippen molar-refractivity contribution in [3.63, 3.8) is 0 Å². The van der Waals surface area contributed by atoms with Gasteiger partial charge in [0.15, 0.2) is 11.6 Å². The van der Waals surface area contributed by atoms with Gasteiger partial charge < -0.3 is 4.57 Å². The van der Waals surface area contributed by atoms with E-state index in [0.29, 0.717) is 0 Å². The van der Waals surface area contributed by atoms with Crippen molar-refractivity contribution >= 4 is 21.8 Å². The second-order valence-electron chi connectivity index (χ2n) is 7.22. The van der Waals surface area contributed by atoms with E-state index in [0.717, 1.165) is 34.2 Å². The Kier molecular flexibility index (Phi) is 3.58. The summed E-state index contributed by atoms with van der Waals surface area (Å²) in [7, 11) is 1.98. The second-order valence-corrected chi connectivity index (χ2v) is 7.22.